The average molecular weight is 413 g/mol. The van der Waals surface area contributed by atoms with Gasteiger partial charge in [0.15, 0.2) is 0 Å². The van der Waals surface area contributed by atoms with Gasteiger partial charge in [-0.1, -0.05) is 36.4 Å². The first-order valence-electron chi connectivity index (χ1n) is 8.67. The maximum atomic E-state index is 13.2. The van der Waals surface area contributed by atoms with Gasteiger partial charge in [0.1, 0.15) is 17.3 Å². The quantitative estimate of drug-likeness (QED) is 0.413. The lowest BCUT2D eigenvalue weighted by atomic mass is 10.2. The Balaban J connectivity index is 1.97. The molecule has 0 radical (unpaired) electrons. The molecule has 1 aromatic heterocycles. The van der Waals surface area contributed by atoms with Crippen molar-refractivity contribution in [2.45, 2.75) is 12.3 Å². The van der Waals surface area contributed by atoms with Gasteiger partial charge in [-0.3, -0.25) is 10.1 Å². The number of methoxy groups -OCH3 is 1. The van der Waals surface area contributed by atoms with Gasteiger partial charge in [0, 0.05) is 17.8 Å². The van der Waals surface area contributed by atoms with Crippen LogP contribution < -0.4 is 9.04 Å². The lowest BCUT2D eigenvalue weighted by Crippen LogP contribution is -2.32. The molecule has 2 aromatic carbocycles. The van der Waals surface area contributed by atoms with E-state index in [4.69, 9.17) is 4.74 Å². The van der Waals surface area contributed by atoms with Crippen molar-refractivity contribution >= 4 is 21.5 Å². The van der Waals surface area contributed by atoms with E-state index in [1.165, 1.54) is 24.4 Å². The van der Waals surface area contributed by atoms with Crippen molar-refractivity contribution in [3.05, 3.63) is 94.2 Å². The Morgan fingerprint density at radius 1 is 1.03 bits per heavy atom. The molecule has 8 nitrogen and oxygen atoms in total. The largest absolute Gasteiger partial charge is 0.497 e. The third-order valence-corrected chi connectivity index (χ3v) is 5.92. The minimum absolute atomic E-state index is 0.0317. The van der Waals surface area contributed by atoms with E-state index in [-0.39, 0.29) is 23.6 Å². The van der Waals surface area contributed by atoms with E-state index in [9.17, 15) is 18.5 Å². The minimum atomic E-state index is -3.96. The second-order valence-electron chi connectivity index (χ2n) is 6.18. The first kappa shape index (κ1) is 20.3. The number of hydrogen-bond acceptors (Lipinski definition) is 6. The normalized spacial score (nSPS) is 11.1. The summed E-state index contributed by atoms with van der Waals surface area (Å²) in [5.41, 5.74) is 0.609. The summed E-state index contributed by atoms with van der Waals surface area (Å²) in [6, 6.07) is 17.8. The van der Waals surface area contributed by atoms with Crippen LogP contribution in [0.1, 0.15) is 11.1 Å². The second-order valence-corrected chi connectivity index (χ2v) is 8.08. The number of rotatable bonds is 8. The number of para-hydroxylation sites is 1. The smallest absolute Gasteiger partial charge is 0.273 e. The van der Waals surface area contributed by atoms with Crippen LogP contribution in [0.15, 0.2) is 72.9 Å². The van der Waals surface area contributed by atoms with Crippen molar-refractivity contribution in [1.29, 1.82) is 0 Å². The summed E-state index contributed by atoms with van der Waals surface area (Å²) >= 11 is 0. The highest BCUT2D eigenvalue weighted by Crippen LogP contribution is 2.26. The number of aromatic nitrogens is 1. The molecular weight excluding hydrogens is 394 g/mol. The topological polar surface area (TPSA) is 103 Å². The Kier molecular flexibility index (Phi) is 6.08. The Morgan fingerprint density at radius 3 is 2.34 bits per heavy atom. The predicted molar refractivity (Wildman–Crippen MR) is 109 cm³/mol. The number of ether oxygens (including phenoxy) is 1. The van der Waals surface area contributed by atoms with E-state index in [0.717, 1.165) is 9.87 Å². The summed E-state index contributed by atoms with van der Waals surface area (Å²) in [7, 11) is -2.42. The van der Waals surface area contributed by atoms with Crippen molar-refractivity contribution in [2.75, 3.05) is 11.4 Å². The van der Waals surface area contributed by atoms with Crippen LogP contribution in [0.4, 0.5) is 11.5 Å². The number of nitrogens with zero attached hydrogens (tertiary/aromatic N) is 3. The van der Waals surface area contributed by atoms with Crippen LogP contribution in [0.25, 0.3) is 0 Å². The van der Waals surface area contributed by atoms with Crippen LogP contribution in [-0.2, 0) is 22.3 Å². The molecule has 3 aromatic rings. The molecule has 0 spiro atoms. The molecule has 0 saturated heterocycles. The molecular formula is C20H19N3O5S. The Labute approximate surface area is 168 Å². The van der Waals surface area contributed by atoms with Crippen molar-refractivity contribution in [1.82, 2.24) is 4.98 Å². The summed E-state index contributed by atoms with van der Waals surface area (Å²) < 4.78 is 32.8. The average Bonchev–Trinajstić information content (AvgIpc) is 2.73. The molecule has 0 saturated carbocycles. The van der Waals surface area contributed by atoms with Crippen LogP contribution in [-0.4, -0.2) is 25.4 Å². The van der Waals surface area contributed by atoms with Crippen molar-refractivity contribution < 1.29 is 18.1 Å². The fraction of sp³-hybridized carbons (Fsp3) is 0.150. The molecule has 0 aliphatic heterocycles. The fourth-order valence-corrected chi connectivity index (χ4v) is 4.34. The summed E-state index contributed by atoms with van der Waals surface area (Å²) in [6.07, 6.45) is 1.50. The van der Waals surface area contributed by atoms with Crippen LogP contribution in [0, 0.1) is 10.1 Å². The monoisotopic (exact) mass is 413 g/mol. The highest BCUT2D eigenvalue weighted by atomic mass is 32.2. The number of anilines is 1. The molecule has 1 heterocycles. The molecule has 150 valence electrons. The summed E-state index contributed by atoms with van der Waals surface area (Å²) in [4.78, 5) is 14.9. The van der Waals surface area contributed by atoms with Gasteiger partial charge in [-0.05, 0) is 29.8 Å². The minimum Gasteiger partial charge on any atom is -0.497 e. The highest BCUT2D eigenvalue weighted by Gasteiger charge is 2.27. The second kappa shape index (κ2) is 8.70. The van der Waals surface area contributed by atoms with Crippen molar-refractivity contribution in [3.63, 3.8) is 0 Å². The Morgan fingerprint density at radius 2 is 1.72 bits per heavy atom. The van der Waals surface area contributed by atoms with Gasteiger partial charge >= 0.3 is 0 Å². The van der Waals surface area contributed by atoms with E-state index in [2.05, 4.69) is 4.98 Å². The van der Waals surface area contributed by atoms with Crippen LogP contribution >= 0.6 is 0 Å². The number of hydrogen-bond donors (Lipinski definition) is 0. The SMILES string of the molecule is COc1ccc(CN(c2ccccn2)S(=O)(=O)Cc2ccccc2[N+](=O)[O-])cc1. The first-order valence-corrected chi connectivity index (χ1v) is 10.3. The molecule has 0 aliphatic rings. The van der Waals surface area contributed by atoms with Gasteiger partial charge in [0.05, 0.1) is 18.6 Å². The fourth-order valence-electron chi connectivity index (χ4n) is 2.81. The zero-order chi connectivity index (χ0) is 20.9. The van der Waals surface area contributed by atoms with Gasteiger partial charge in [-0.2, -0.15) is 0 Å². The zero-order valence-corrected chi connectivity index (χ0v) is 16.5. The number of pyridine rings is 1. The number of nitro benzene ring substituents is 1. The molecule has 0 bridgehead atoms. The molecule has 0 atom stereocenters. The lowest BCUT2D eigenvalue weighted by Gasteiger charge is -2.23. The predicted octanol–water partition coefficient (Wildman–Crippen LogP) is 3.54. The Bertz CT molecular complexity index is 1090. The summed E-state index contributed by atoms with van der Waals surface area (Å²) in [5.74, 6) is 0.375. The molecule has 0 unspecified atom stereocenters. The number of sulfonamides is 1. The third-order valence-electron chi connectivity index (χ3n) is 4.25. The Hall–Kier alpha value is -3.46. The molecule has 29 heavy (non-hydrogen) atoms. The van der Waals surface area contributed by atoms with Gasteiger partial charge in [0.25, 0.3) is 5.69 Å². The lowest BCUT2D eigenvalue weighted by molar-refractivity contribution is -0.385. The maximum Gasteiger partial charge on any atom is 0.273 e. The van der Waals surface area contributed by atoms with Crippen molar-refractivity contribution in [3.8, 4) is 5.75 Å². The third kappa shape index (κ3) is 4.88. The molecule has 0 N–H and O–H groups in total. The summed E-state index contributed by atoms with van der Waals surface area (Å²) in [6.45, 7) is 0.0317. The van der Waals surface area contributed by atoms with Gasteiger partial charge < -0.3 is 4.74 Å². The number of nitro groups is 1. The van der Waals surface area contributed by atoms with Crippen LogP contribution in [0.2, 0.25) is 0 Å². The molecule has 0 amide bonds. The van der Waals surface area contributed by atoms with E-state index in [1.54, 1.807) is 55.6 Å². The zero-order valence-electron chi connectivity index (χ0n) is 15.6. The molecule has 9 heteroatoms. The molecule has 0 aliphatic carbocycles. The van der Waals surface area contributed by atoms with Crippen LogP contribution in [0.3, 0.4) is 0 Å². The molecule has 0 fully saturated rings. The maximum absolute atomic E-state index is 13.2. The van der Waals surface area contributed by atoms with Gasteiger partial charge in [0.2, 0.25) is 10.0 Å². The van der Waals surface area contributed by atoms with E-state index < -0.39 is 20.7 Å². The first-order chi connectivity index (χ1) is 13.9. The highest BCUT2D eigenvalue weighted by molar-refractivity contribution is 7.92. The van der Waals surface area contributed by atoms with Crippen molar-refractivity contribution in [2.24, 2.45) is 0 Å². The van der Waals surface area contributed by atoms with E-state index >= 15 is 0 Å². The van der Waals surface area contributed by atoms with E-state index in [0.29, 0.717) is 5.75 Å². The van der Waals surface area contributed by atoms with Gasteiger partial charge in [-0.15, -0.1) is 0 Å². The number of benzene rings is 2. The van der Waals surface area contributed by atoms with Gasteiger partial charge in [-0.25, -0.2) is 17.7 Å². The van der Waals surface area contributed by atoms with E-state index in [1.807, 2.05) is 0 Å². The molecule has 3 rings (SSSR count). The summed E-state index contributed by atoms with van der Waals surface area (Å²) in [5, 5.41) is 11.3. The standard InChI is InChI=1S/C20H19N3O5S/c1-28-18-11-9-16(10-12-18)14-22(20-8-4-5-13-21-20)29(26,27)15-17-6-2-3-7-19(17)23(24)25/h2-13H,14-15H2,1H3. The van der Waals surface area contributed by atoms with Crippen LogP contribution in [0.5, 0.6) is 5.75 Å².